The SMILES string of the molecule is CCOCc1nc(NC)cc(Sc2ccc(OC)cc2)n1. The number of nitrogens with one attached hydrogen (secondary N) is 1. The molecule has 0 unspecified atom stereocenters. The van der Waals surface area contributed by atoms with Gasteiger partial charge in [0.2, 0.25) is 0 Å². The fraction of sp³-hybridized carbons (Fsp3) is 0.333. The number of aromatic nitrogens is 2. The molecule has 5 nitrogen and oxygen atoms in total. The van der Waals surface area contributed by atoms with Crippen LogP contribution in [-0.2, 0) is 11.3 Å². The van der Waals surface area contributed by atoms with Gasteiger partial charge in [0, 0.05) is 24.6 Å². The second-order valence-electron chi connectivity index (χ2n) is 4.17. The van der Waals surface area contributed by atoms with E-state index in [0.717, 1.165) is 21.5 Å². The minimum atomic E-state index is 0.419. The van der Waals surface area contributed by atoms with Crippen molar-refractivity contribution in [3.63, 3.8) is 0 Å². The summed E-state index contributed by atoms with van der Waals surface area (Å²) >= 11 is 1.58. The van der Waals surface area contributed by atoms with Crippen molar-refractivity contribution in [3.8, 4) is 5.75 Å². The van der Waals surface area contributed by atoms with E-state index >= 15 is 0 Å². The lowest BCUT2D eigenvalue weighted by Gasteiger charge is -2.08. The van der Waals surface area contributed by atoms with Gasteiger partial charge in [-0.15, -0.1) is 0 Å². The standard InChI is InChI=1S/C15H19N3O2S/c1-4-20-10-14-17-13(16-2)9-15(18-14)21-12-7-5-11(19-3)6-8-12/h5-9H,4,10H2,1-3H3,(H,16,17,18). The third-order valence-corrected chi connectivity index (χ3v) is 3.65. The molecule has 0 aliphatic rings. The molecule has 0 fully saturated rings. The van der Waals surface area contributed by atoms with Crippen LogP contribution in [0.5, 0.6) is 5.75 Å². The third kappa shape index (κ3) is 4.61. The van der Waals surface area contributed by atoms with Crippen LogP contribution >= 0.6 is 11.8 Å². The average Bonchev–Trinajstić information content (AvgIpc) is 2.53. The van der Waals surface area contributed by atoms with Gasteiger partial charge in [0.15, 0.2) is 5.82 Å². The minimum Gasteiger partial charge on any atom is -0.497 e. The van der Waals surface area contributed by atoms with Gasteiger partial charge in [-0.25, -0.2) is 9.97 Å². The molecule has 1 heterocycles. The topological polar surface area (TPSA) is 56.3 Å². The maximum Gasteiger partial charge on any atom is 0.157 e. The first kappa shape index (κ1) is 15.6. The van der Waals surface area contributed by atoms with Crippen molar-refractivity contribution in [1.29, 1.82) is 0 Å². The molecule has 6 heteroatoms. The Morgan fingerprint density at radius 3 is 2.57 bits per heavy atom. The van der Waals surface area contributed by atoms with E-state index in [0.29, 0.717) is 19.0 Å². The molecule has 2 rings (SSSR count). The molecule has 21 heavy (non-hydrogen) atoms. The smallest absolute Gasteiger partial charge is 0.157 e. The van der Waals surface area contributed by atoms with Crippen LogP contribution in [0.2, 0.25) is 0 Å². The van der Waals surface area contributed by atoms with Gasteiger partial charge >= 0.3 is 0 Å². The number of anilines is 1. The Kier molecular flexibility index (Phi) is 5.83. The second kappa shape index (κ2) is 7.85. The van der Waals surface area contributed by atoms with Crippen LogP contribution in [0.25, 0.3) is 0 Å². The largest absolute Gasteiger partial charge is 0.497 e. The van der Waals surface area contributed by atoms with Gasteiger partial charge < -0.3 is 14.8 Å². The van der Waals surface area contributed by atoms with Crippen molar-refractivity contribution in [2.75, 3.05) is 26.1 Å². The maximum absolute atomic E-state index is 5.38. The van der Waals surface area contributed by atoms with E-state index in [9.17, 15) is 0 Å². The van der Waals surface area contributed by atoms with Crippen molar-refractivity contribution in [2.24, 2.45) is 0 Å². The van der Waals surface area contributed by atoms with Crippen LogP contribution in [0, 0.1) is 0 Å². The summed E-state index contributed by atoms with van der Waals surface area (Å²) in [4.78, 5) is 9.99. The van der Waals surface area contributed by atoms with Crippen LogP contribution in [0.4, 0.5) is 5.82 Å². The summed E-state index contributed by atoms with van der Waals surface area (Å²) in [5.74, 6) is 2.31. The summed E-state index contributed by atoms with van der Waals surface area (Å²) in [5.41, 5.74) is 0. The van der Waals surface area contributed by atoms with Crippen LogP contribution < -0.4 is 10.1 Å². The maximum atomic E-state index is 5.38. The van der Waals surface area contributed by atoms with Gasteiger partial charge in [0.05, 0.1) is 7.11 Å². The van der Waals surface area contributed by atoms with Crippen molar-refractivity contribution in [1.82, 2.24) is 9.97 Å². The molecule has 0 spiro atoms. The lowest BCUT2D eigenvalue weighted by molar-refractivity contribution is 0.128. The molecule has 0 bridgehead atoms. The molecule has 112 valence electrons. The summed E-state index contributed by atoms with van der Waals surface area (Å²) in [6.07, 6.45) is 0. The first-order valence-corrected chi connectivity index (χ1v) is 7.52. The summed E-state index contributed by atoms with van der Waals surface area (Å²) < 4.78 is 10.5. The van der Waals surface area contributed by atoms with E-state index in [4.69, 9.17) is 9.47 Å². The fourth-order valence-electron chi connectivity index (χ4n) is 1.68. The van der Waals surface area contributed by atoms with Crippen molar-refractivity contribution < 1.29 is 9.47 Å². The van der Waals surface area contributed by atoms with Gasteiger partial charge in [-0.1, -0.05) is 11.8 Å². The summed E-state index contributed by atoms with van der Waals surface area (Å²) in [5, 5.41) is 3.93. The van der Waals surface area contributed by atoms with E-state index in [1.807, 2.05) is 44.3 Å². The van der Waals surface area contributed by atoms with E-state index in [1.54, 1.807) is 18.9 Å². The Morgan fingerprint density at radius 1 is 1.19 bits per heavy atom. The van der Waals surface area contributed by atoms with Gasteiger partial charge in [0.1, 0.15) is 23.2 Å². The molecule has 0 amide bonds. The highest BCUT2D eigenvalue weighted by Gasteiger charge is 2.06. The molecule has 2 aromatic rings. The Bertz CT molecular complexity index is 576. The molecule has 0 radical (unpaired) electrons. The molecule has 1 aromatic carbocycles. The summed E-state index contributed by atoms with van der Waals surface area (Å²) in [7, 11) is 3.50. The number of rotatable bonds is 7. The Labute approximate surface area is 129 Å². The fourth-order valence-corrected chi connectivity index (χ4v) is 2.51. The zero-order chi connectivity index (χ0) is 15.1. The molecule has 0 saturated heterocycles. The summed E-state index contributed by atoms with van der Waals surface area (Å²) in [6.45, 7) is 3.02. The molecule has 1 aromatic heterocycles. The number of nitrogens with zero attached hydrogens (tertiary/aromatic N) is 2. The lowest BCUT2D eigenvalue weighted by atomic mass is 10.3. The van der Waals surface area contributed by atoms with Crippen LogP contribution in [0.1, 0.15) is 12.7 Å². The lowest BCUT2D eigenvalue weighted by Crippen LogP contribution is -2.03. The van der Waals surface area contributed by atoms with Gasteiger partial charge in [-0.2, -0.15) is 0 Å². The third-order valence-electron chi connectivity index (χ3n) is 2.72. The molecular formula is C15H19N3O2S. The minimum absolute atomic E-state index is 0.419. The zero-order valence-electron chi connectivity index (χ0n) is 12.4. The summed E-state index contributed by atoms with van der Waals surface area (Å²) in [6, 6.07) is 9.80. The number of hydrogen-bond acceptors (Lipinski definition) is 6. The molecule has 0 aliphatic carbocycles. The van der Waals surface area contributed by atoms with Crippen molar-refractivity contribution >= 4 is 17.6 Å². The normalized spacial score (nSPS) is 10.4. The average molecular weight is 305 g/mol. The quantitative estimate of drug-likeness (QED) is 0.793. The highest BCUT2D eigenvalue weighted by molar-refractivity contribution is 7.99. The van der Waals surface area contributed by atoms with Crippen molar-refractivity contribution in [3.05, 3.63) is 36.2 Å². The first-order chi connectivity index (χ1) is 10.2. The molecule has 0 atom stereocenters. The van der Waals surface area contributed by atoms with E-state index in [1.165, 1.54) is 0 Å². The second-order valence-corrected chi connectivity index (χ2v) is 5.27. The van der Waals surface area contributed by atoms with E-state index in [2.05, 4.69) is 15.3 Å². The predicted octanol–water partition coefficient (Wildman–Crippen LogP) is 3.21. The van der Waals surface area contributed by atoms with Gasteiger partial charge in [-0.05, 0) is 31.2 Å². The number of benzene rings is 1. The number of hydrogen-bond donors (Lipinski definition) is 1. The zero-order valence-corrected chi connectivity index (χ0v) is 13.2. The Morgan fingerprint density at radius 2 is 1.95 bits per heavy atom. The number of ether oxygens (including phenoxy) is 2. The first-order valence-electron chi connectivity index (χ1n) is 6.70. The monoisotopic (exact) mass is 305 g/mol. The van der Waals surface area contributed by atoms with Crippen LogP contribution in [-0.4, -0.2) is 30.7 Å². The van der Waals surface area contributed by atoms with Crippen molar-refractivity contribution in [2.45, 2.75) is 23.5 Å². The predicted molar refractivity (Wildman–Crippen MR) is 84.0 cm³/mol. The molecule has 1 N–H and O–H groups in total. The molecule has 0 aliphatic heterocycles. The van der Waals surface area contributed by atoms with Gasteiger partial charge in [0.25, 0.3) is 0 Å². The number of methoxy groups -OCH3 is 1. The Balaban J connectivity index is 2.16. The van der Waals surface area contributed by atoms with Crippen LogP contribution in [0.3, 0.4) is 0 Å². The highest BCUT2D eigenvalue weighted by Crippen LogP contribution is 2.28. The van der Waals surface area contributed by atoms with Gasteiger partial charge in [-0.3, -0.25) is 0 Å². The highest BCUT2D eigenvalue weighted by atomic mass is 32.2. The van der Waals surface area contributed by atoms with Crippen LogP contribution in [0.15, 0.2) is 40.3 Å². The Hall–Kier alpha value is -1.79. The van der Waals surface area contributed by atoms with E-state index < -0.39 is 0 Å². The molecule has 0 saturated carbocycles. The van der Waals surface area contributed by atoms with E-state index in [-0.39, 0.29) is 0 Å². The molecular weight excluding hydrogens is 286 g/mol.